The summed E-state index contributed by atoms with van der Waals surface area (Å²) in [5.74, 6) is -1.03. The predicted octanol–water partition coefficient (Wildman–Crippen LogP) is 0.531. The number of nitrogens with zero attached hydrogens (tertiary/aromatic N) is 1. The topological polar surface area (TPSA) is 84.9 Å². The molecule has 0 heterocycles. The van der Waals surface area contributed by atoms with Crippen LogP contribution in [0.2, 0.25) is 0 Å². The van der Waals surface area contributed by atoms with Gasteiger partial charge in [0.05, 0.1) is 0 Å². The number of likely N-dealkylation sites (N-methyl/N-ethyl adjacent to an activating group) is 1. The van der Waals surface area contributed by atoms with E-state index in [1.807, 2.05) is 0 Å². The Labute approximate surface area is 113 Å². The van der Waals surface area contributed by atoms with Gasteiger partial charge in [0.2, 0.25) is 0 Å². The average molecular weight is 274 g/mol. The van der Waals surface area contributed by atoms with E-state index in [0.717, 1.165) is 0 Å². The van der Waals surface area contributed by atoms with Crippen molar-refractivity contribution in [3.8, 4) is 0 Å². The first-order chi connectivity index (χ1) is 8.53. The third-order valence-electron chi connectivity index (χ3n) is 1.92. The van der Waals surface area contributed by atoms with Gasteiger partial charge in [-0.15, -0.1) is 0 Å². The van der Waals surface area contributed by atoms with Crippen molar-refractivity contribution in [1.82, 2.24) is 10.2 Å². The second kappa shape index (κ2) is 6.96. The van der Waals surface area contributed by atoms with Crippen LogP contribution in [0.5, 0.6) is 0 Å². The summed E-state index contributed by atoms with van der Waals surface area (Å²) in [6, 6.07) is -0.884. The minimum Gasteiger partial charge on any atom is -0.454 e. The zero-order valence-electron chi connectivity index (χ0n) is 12.3. The van der Waals surface area contributed by atoms with Crippen molar-refractivity contribution in [3.05, 3.63) is 0 Å². The Balaban J connectivity index is 4.14. The molecule has 1 unspecified atom stereocenters. The molecule has 0 aliphatic carbocycles. The molecule has 0 fully saturated rings. The Kier molecular flexibility index (Phi) is 6.31. The molecule has 0 saturated carbocycles. The number of hydrogen-bond donors (Lipinski definition) is 1. The van der Waals surface area contributed by atoms with Crippen LogP contribution in [0.1, 0.15) is 27.7 Å². The third kappa shape index (κ3) is 8.01. The van der Waals surface area contributed by atoms with Crippen molar-refractivity contribution in [1.29, 1.82) is 0 Å². The van der Waals surface area contributed by atoms with Crippen LogP contribution in [0, 0.1) is 0 Å². The summed E-state index contributed by atoms with van der Waals surface area (Å²) in [6.07, 6.45) is -0.712. The molecule has 0 saturated heterocycles. The molecule has 7 nitrogen and oxygen atoms in total. The first-order valence-corrected chi connectivity index (χ1v) is 5.89. The molecule has 0 radical (unpaired) electrons. The zero-order chi connectivity index (χ0) is 15.2. The first-order valence-electron chi connectivity index (χ1n) is 5.89. The fourth-order valence-corrected chi connectivity index (χ4v) is 0.930. The highest BCUT2D eigenvalue weighted by atomic mass is 16.6. The van der Waals surface area contributed by atoms with Gasteiger partial charge < -0.3 is 19.7 Å². The highest BCUT2D eigenvalue weighted by Gasteiger charge is 2.22. The number of amides is 2. The van der Waals surface area contributed by atoms with Crippen LogP contribution in [0.4, 0.5) is 4.79 Å². The van der Waals surface area contributed by atoms with E-state index in [9.17, 15) is 14.4 Å². The molecule has 110 valence electrons. The van der Waals surface area contributed by atoms with E-state index in [1.54, 1.807) is 34.9 Å². The summed E-state index contributed by atoms with van der Waals surface area (Å²) >= 11 is 0. The molecule has 19 heavy (non-hydrogen) atoms. The summed E-state index contributed by atoms with van der Waals surface area (Å²) < 4.78 is 9.75. The largest absolute Gasteiger partial charge is 0.454 e. The lowest BCUT2D eigenvalue weighted by Gasteiger charge is -2.21. The van der Waals surface area contributed by atoms with Gasteiger partial charge in [-0.05, 0) is 27.7 Å². The first kappa shape index (κ1) is 17.2. The smallest absolute Gasteiger partial charge is 0.408 e. The Hall–Kier alpha value is -1.79. The summed E-state index contributed by atoms with van der Waals surface area (Å²) in [4.78, 5) is 35.4. The molecule has 0 aromatic rings. The highest BCUT2D eigenvalue weighted by Crippen LogP contribution is 2.06. The number of carbonyl (C=O) groups excluding carboxylic acids is 3. The van der Waals surface area contributed by atoms with Crippen molar-refractivity contribution in [2.24, 2.45) is 0 Å². The molecule has 0 aliphatic rings. The SMILES string of the molecule is CC(NC(=O)OC(C)(C)C)C(=O)OCC(=O)N(C)C. The highest BCUT2D eigenvalue weighted by molar-refractivity contribution is 5.84. The second-order valence-corrected chi connectivity index (χ2v) is 5.26. The fraction of sp³-hybridized carbons (Fsp3) is 0.750. The Morgan fingerprint density at radius 3 is 2.16 bits per heavy atom. The normalized spacial score (nSPS) is 12.3. The lowest BCUT2D eigenvalue weighted by atomic mass is 10.2. The molecule has 7 heteroatoms. The van der Waals surface area contributed by atoms with Crippen LogP contribution in [0.25, 0.3) is 0 Å². The van der Waals surface area contributed by atoms with Crippen LogP contribution >= 0.6 is 0 Å². The maximum Gasteiger partial charge on any atom is 0.408 e. The van der Waals surface area contributed by atoms with Crippen molar-refractivity contribution < 1.29 is 23.9 Å². The lowest BCUT2D eigenvalue weighted by Crippen LogP contribution is -2.43. The maximum atomic E-state index is 11.5. The van der Waals surface area contributed by atoms with Gasteiger partial charge in [0.15, 0.2) is 6.61 Å². The molecule has 0 aliphatic heterocycles. The average Bonchev–Trinajstić information content (AvgIpc) is 2.21. The molecule has 0 spiro atoms. The molecule has 1 atom stereocenters. The van der Waals surface area contributed by atoms with E-state index >= 15 is 0 Å². The molecule has 0 bridgehead atoms. The van der Waals surface area contributed by atoms with Crippen molar-refractivity contribution in [2.45, 2.75) is 39.3 Å². The molecule has 0 aromatic carbocycles. The summed E-state index contributed by atoms with van der Waals surface area (Å²) in [5, 5.41) is 2.33. The number of esters is 1. The van der Waals surface area contributed by atoms with E-state index in [2.05, 4.69) is 5.32 Å². The number of rotatable bonds is 4. The monoisotopic (exact) mass is 274 g/mol. The van der Waals surface area contributed by atoms with Crippen LogP contribution in [0.15, 0.2) is 0 Å². The van der Waals surface area contributed by atoms with Crippen molar-refractivity contribution in [3.63, 3.8) is 0 Å². The van der Waals surface area contributed by atoms with E-state index < -0.39 is 23.7 Å². The standard InChI is InChI=1S/C12H22N2O5/c1-8(13-11(17)19-12(2,3)4)10(16)18-7-9(15)14(5)6/h8H,7H2,1-6H3,(H,13,17). The summed E-state index contributed by atoms with van der Waals surface area (Å²) in [6.45, 7) is 6.24. The third-order valence-corrected chi connectivity index (χ3v) is 1.92. The van der Waals surface area contributed by atoms with Gasteiger partial charge in [-0.2, -0.15) is 0 Å². The quantitative estimate of drug-likeness (QED) is 0.756. The van der Waals surface area contributed by atoms with E-state index in [0.29, 0.717) is 0 Å². The van der Waals surface area contributed by atoms with Gasteiger partial charge in [0, 0.05) is 14.1 Å². The number of ether oxygens (including phenoxy) is 2. The molecular weight excluding hydrogens is 252 g/mol. The number of nitrogens with one attached hydrogen (secondary N) is 1. The molecular formula is C12H22N2O5. The van der Waals surface area contributed by atoms with Gasteiger partial charge in [0.25, 0.3) is 5.91 Å². The molecule has 0 aromatic heterocycles. The molecule has 1 N–H and O–H groups in total. The lowest BCUT2D eigenvalue weighted by molar-refractivity contribution is -0.152. The van der Waals surface area contributed by atoms with E-state index in [-0.39, 0.29) is 12.5 Å². The second-order valence-electron chi connectivity index (χ2n) is 5.26. The van der Waals surface area contributed by atoms with Crippen molar-refractivity contribution >= 4 is 18.0 Å². The van der Waals surface area contributed by atoms with Gasteiger partial charge in [0.1, 0.15) is 11.6 Å². The Morgan fingerprint density at radius 1 is 1.21 bits per heavy atom. The minimum atomic E-state index is -0.884. The zero-order valence-corrected chi connectivity index (χ0v) is 12.3. The molecule has 2 amide bonds. The predicted molar refractivity (Wildman–Crippen MR) is 68.5 cm³/mol. The van der Waals surface area contributed by atoms with Gasteiger partial charge in [-0.25, -0.2) is 9.59 Å². The summed E-state index contributed by atoms with van der Waals surface area (Å²) in [5.41, 5.74) is -0.644. The van der Waals surface area contributed by atoms with E-state index in [1.165, 1.54) is 11.8 Å². The minimum absolute atomic E-state index is 0.335. The van der Waals surface area contributed by atoms with Gasteiger partial charge in [-0.3, -0.25) is 4.79 Å². The van der Waals surface area contributed by atoms with Crippen LogP contribution in [-0.4, -0.2) is 55.2 Å². The van der Waals surface area contributed by atoms with Crippen LogP contribution in [0.3, 0.4) is 0 Å². The summed E-state index contributed by atoms with van der Waals surface area (Å²) in [7, 11) is 3.11. The van der Waals surface area contributed by atoms with Gasteiger partial charge >= 0.3 is 12.1 Å². The number of hydrogen-bond acceptors (Lipinski definition) is 5. The fourth-order valence-electron chi connectivity index (χ4n) is 0.930. The van der Waals surface area contributed by atoms with Gasteiger partial charge in [-0.1, -0.05) is 0 Å². The Bertz CT molecular complexity index is 347. The van der Waals surface area contributed by atoms with Crippen LogP contribution in [-0.2, 0) is 19.1 Å². The Morgan fingerprint density at radius 2 is 1.74 bits per heavy atom. The van der Waals surface area contributed by atoms with E-state index in [4.69, 9.17) is 9.47 Å². The number of carbonyl (C=O) groups is 3. The maximum absolute atomic E-state index is 11.5. The van der Waals surface area contributed by atoms with Crippen LogP contribution < -0.4 is 5.32 Å². The van der Waals surface area contributed by atoms with Crippen molar-refractivity contribution in [2.75, 3.05) is 20.7 Å². The number of alkyl carbamates (subject to hydrolysis) is 1. The molecule has 0 rings (SSSR count).